The third-order valence-corrected chi connectivity index (χ3v) is 6.92. The monoisotopic (exact) mass is 462 g/mol. The van der Waals surface area contributed by atoms with Crippen molar-refractivity contribution in [3.8, 4) is 0 Å². The van der Waals surface area contributed by atoms with E-state index in [2.05, 4.69) is 4.72 Å². The molecule has 1 aromatic carbocycles. The number of nitrogens with zero attached hydrogens (tertiary/aromatic N) is 1. The van der Waals surface area contributed by atoms with Crippen LogP contribution in [0.5, 0.6) is 0 Å². The van der Waals surface area contributed by atoms with E-state index in [0.717, 1.165) is 12.3 Å². The van der Waals surface area contributed by atoms with Crippen molar-refractivity contribution in [3.05, 3.63) is 35.1 Å². The molecular formula is C21H29F3N2O4S. The van der Waals surface area contributed by atoms with Crippen molar-refractivity contribution in [2.75, 3.05) is 19.4 Å². The molecular weight excluding hydrogens is 433 g/mol. The highest BCUT2D eigenvalue weighted by Crippen LogP contribution is 2.36. The summed E-state index contributed by atoms with van der Waals surface area (Å²) in [7, 11) is -3.44. The molecule has 1 aromatic rings. The lowest BCUT2D eigenvalue weighted by Crippen LogP contribution is -2.58. The van der Waals surface area contributed by atoms with Crippen molar-refractivity contribution in [3.63, 3.8) is 0 Å². The number of halogens is 3. The number of rotatable bonds is 6. The van der Waals surface area contributed by atoms with Gasteiger partial charge in [-0.3, -0.25) is 4.79 Å². The van der Waals surface area contributed by atoms with Gasteiger partial charge in [-0.25, -0.2) is 26.3 Å². The van der Waals surface area contributed by atoms with Gasteiger partial charge in [-0.15, -0.1) is 0 Å². The molecule has 1 aliphatic carbocycles. The van der Waals surface area contributed by atoms with Gasteiger partial charge in [0.1, 0.15) is 5.82 Å². The van der Waals surface area contributed by atoms with Gasteiger partial charge in [0.15, 0.2) is 11.6 Å². The predicted octanol–water partition coefficient (Wildman–Crippen LogP) is 3.08. The first-order valence-corrected chi connectivity index (χ1v) is 12.4. The molecule has 2 atom stereocenters. The van der Waals surface area contributed by atoms with E-state index >= 15 is 0 Å². The third-order valence-electron chi connectivity index (χ3n) is 6.19. The summed E-state index contributed by atoms with van der Waals surface area (Å²) in [5.41, 5.74) is 0.0587. The molecule has 174 valence electrons. The fourth-order valence-corrected chi connectivity index (χ4v) is 5.54. The SMILES string of the molecule is CC(=O)N1CCC[C@H](NS(C)(=O)=O)[C@@H]1COC1CCC(c2cc(F)cc(F)c2F)CC1. The first-order valence-electron chi connectivity index (χ1n) is 10.6. The lowest BCUT2D eigenvalue weighted by molar-refractivity contribution is -0.136. The van der Waals surface area contributed by atoms with Crippen LogP contribution in [0.4, 0.5) is 13.2 Å². The Bertz CT molecular complexity index is 904. The molecule has 6 nitrogen and oxygen atoms in total. The zero-order chi connectivity index (χ0) is 22.8. The van der Waals surface area contributed by atoms with Crippen LogP contribution in [0.25, 0.3) is 0 Å². The maximum absolute atomic E-state index is 14.1. The molecule has 10 heteroatoms. The van der Waals surface area contributed by atoms with Gasteiger partial charge in [0.2, 0.25) is 15.9 Å². The molecule has 2 fully saturated rings. The van der Waals surface area contributed by atoms with E-state index in [1.807, 2.05) is 0 Å². The maximum Gasteiger partial charge on any atom is 0.219 e. The van der Waals surface area contributed by atoms with Crippen LogP contribution >= 0.6 is 0 Å². The largest absolute Gasteiger partial charge is 0.376 e. The van der Waals surface area contributed by atoms with Crippen LogP contribution in [0.3, 0.4) is 0 Å². The summed E-state index contributed by atoms with van der Waals surface area (Å²) in [4.78, 5) is 13.7. The van der Waals surface area contributed by atoms with Crippen LogP contribution in [0, 0.1) is 17.5 Å². The molecule has 1 heterocycles. The normalized spacial score (nSPS) is 27.3. The molecule has 3 rings (SSSR count). The zero-order valence-electron chi connectivity index (χ0n) is 17.7. The predicted molar refractivity (Wildman–Crippen MR) is 109 cm³/mol. The van der Waals surface area contributed by atoms with Crippen LogP contribution in [0.15, 0.2) is 12.1 Å². The second-order valence-corrected chi connectivity index (χ2v) is 10.3. The number of nitrogens with one attached hydrogen (secondary N) is 1. The van der Waals surface area contributed by atoms with E-state index < -0.39 is 39.6 Å². The zero-order valence-corrected chi connectivity index (χ0v) is 18.6. The third kappa shape index (κ3) is 6.20. The summed E-state index contributed by atoms with van der Waals surface area (Å²) in [5.74, 6) is -3.40. The molecule has 0 radical (unpaired) electrons. The topological polar surface area (TPSA) is 75.7 Å². The number of hydrogen-bond donors (Lipinski definition) is 1. The average molecular weight is 463 g/mol. The standard InChI is InChI=1S/C21H29F3N2O4S/c1-13(27)26-9-3-4-19(25-31(2,28)29)20(26)12-30-16-7-5-14(6-8-16)17-10-15(22)11-18(23)21(17)24/h10-11,14,16,19-20,25H,3-9,12H2,1-2H3/t14?,16?,19-,20-/m0/s1. The van der Waals surface area contributed by atoms with Crippen LogP contribution in [-0.2, 0) is 19.6 Å². The number of ether oxygens (including phenoxy) is 1. The number of piperidine rings is 1. The minimum absolute atomic E-state index is 0.0587. The van der Waals surface area contributed by atoms with E-state index in [1.54, 1.807) is 4.90 Å². The quantitative estimate of drug-likeness (QED) is 0.660. The highest BCUT2D eigenvalue weighted by molar-refractivity contribution is 7.88. The number of hydrogen-bond acceptors (Lipinski definition) is 4. The second kappa shape index (κ2) is 9.87. The lowest BCUT2D eigenvalue weighted by Gasteiger charge is -2.41. The van der Waals surface area contributed by atoms with E-state index in [0.29, 0.717) is 51.1 Å². The van der Waals surface area contributed by atoms with Gasteiger partial charge in [-0.2, -0.15) is 0 Å². The van der Waals surface area contributed by atoms with Crippen molar-refractivity contribution in [2.24, 2.45) is 0 Å². The smallest absolute Gasteiger partial charge is 0.219 e. The molecule has 0 aromatic heterocycles. The van der Waals surface area contributed by atoms with E-state index in [9.17, 15) is 26.4 Å². The Hall–Kier alpha value is -1.65. The Kier molecular flexibility index (Phi) is 7.64. The molecule has 1 amide bonds. The Balaban J connectivity index is 1.61. The van der Waals surface area contributed by atoms with Crippen LogP contribution in [-0.4, -0.2) is 56.8 Å². The van der Waals surface area contributed by atoms with Gasteiger partial charge >= 0.3 is 0 Å². The first kappa shape index (κ1) is 24.0. The molecule has 1 saturated carbocycles. The van der Waals surface area contributed by atoms with E-state index in [-0.39, 0.29) is 30.1 Å². The molecule has 0 spiro atoms. The number of sulfonamides is 1. The fraction of sp³-hybridized carbons (Fsp3) is 0.667. The summed E-state index contributed by atoms with van der Waals surface area (Å²) in [6, 6.07) is 0.764. The molecule has 1 N–H and O–H groups in total. The van der Waals surface area contributed by atoms with Crippen LogP contribution < -0.4 is 4.72 Å². The minimum atomic E-state index is -3.44. The second-order valence-electron chi connectivity index (χ2n) is 8.52. The van der Waals surface area contributed by atoms with Gasteiger partial charge < -0.3 is 9.64 Å². The minimum Gasteiger partial charge on any atom is -0.376 e. The number of amides is 1. The summed E-state index contributed by atoms with van der Waals surface area (Å²) in [6.45, 7) is 2.18. The molecule has 0 unspecified atom stereocenters. The van der Waals surface area contributed by atoms with Gasteiger partial charge in [0.25, 0.3) is 0 Å². The number of benzene rings is 1. The van der Waals surface area contributed by atoms with Crippen molar-refractivity contribution >= 4 is 15.9 Å². The van der Waals surface area contributed by atoms with E-state index in [4.69, 9.17) is 4.74 Å². The van der Waals surface area contributed by atoms with Gasteiger partial charge in [-0.05, 0) is 56.1 Å². The highest BCUT2D eigenvalue weighted by Gasteiger charge is 2.36. The fourth-order valence-electron chi connectivity index (χ4n) is 4.71. The van der Waals surface area contributed by atoms with Crippen molar-refractivity contribution in [1.29, 1.82) is 0 Å². The Labute approximate surface area is 181 Å². The summed E-state index contributed by atoms with van der Waals surface area (Å²) < 4.78 is 73.2. The Morgan fingerprint density at radius 2 is 1.84 bits per heavy atom. The number of carbonyl (C=O) groups excluding carboxylic acids is 1. The Morgan fingerprint density at radius 3 is 2.45 bits per heavy atom. The number of likely N-dealkylation sites (tertiary alicyclic amines) is 1. The highest BCUT2D eigenvalue weighted by atomic mass is 32.2. The van der Waals surface area contributed by atoms with Crippen molar-refractivity contribution in [2.45, 2.75) is 69.6 Å². The molecule has 0 bridgehead atoms. The molecule has 1 aliphatic heterocycles. The van der Waals surface area contributed by atoms with Gasteiger partial charge in [0, 0.05) is 25.6 Å². The van der Waals surface area contributed by atoms with Crippen LogP contribution in [0.1, 0.15) is 56.9 Å². The molecule has 2 aliphatic rings. The molecule has 31 heavy (non-hydrogen) atoms. The average Bonchev–Trinajstić information content (AvgIpc) is 2.68. The summed E-state index contributed by atoms with van der Waals surface area (Å²) in [6.07, 6.45) is 4.47. The Morgan fingerprint density at radius 1 is 1.16 bits per heavy atom. The van der Waals surface area contributed by atoms with Crippen molar-refractivity contribution < 1.29 is 31.1 Å². The lowest BCUT2D eigenvalue weighted by atomic mass is 9.82. The van der Waals surface area contributed by atoms with Gasteiger partial charge in [-0.1, -0.05) is 0 Å². The van der Waals surface area contributed by atoms with Crippen LogP contribution in [0.2, 0.25) is 0 Å². The summed E-state index contributed by atoms with van der Waals surface area (Å²) in [5, 5.41) is 0. The molecule has 1 saturated heterocycles. The number of carbonyl (C=O) groups is 1. The summed E-state index contributed by atoms with van der Waals surface area (Å²) >= 11 is 0. The maximum atomic E-state index is 14.1. The van der Waals surface area contributed by atoms with E-state index in [1.165, 1.54) is 6.92 Å². The van der Waals surface area contributed by atoms with Crippen molar-refractivity contribution in [1.82, 2.24) is 9.62 Å². The first-order chi connectivity index (χ1) is 14.5. The van der Waals surface area contributed by atoms with Gasteiger partial charge in [0.05, 0.1) is 25.0 Å².